The molecular weight excluding hydrogens is 836 g/mol. The van der Waals surface area contributed by atoms with Crippen molar-refractivity contribution in [3.63, 3.8) is 0 Å². The number of rotatable bonds is 2. The van der Waals surface area contributed by atoms with Crippen LogP contribution in [0.1, 0.15) is 187 Å². The molecule has 6 aromatic carbocycles. The molecule has 4 heteroatoms. The Morgan fingerprint density at radius 2 is 0.928 bits per heavy atom. The fourth-order valence-electron chi connectivity index (χ4n) is 14.1. The van der Waals surface area contributed by atoms with E-state index in [2.05, 4.69) is 212 Å². The largest absolute Gasteiger partial charge is 0.454 e. The lowest BCUT2D eigenvalue weighted by Gasteiger charge is -2.49. The normalized spacial score (nSPS) is 20.7. The van der Waals surface area contributed by atoms with Crippen LogP contribution in [0.25, 0.3) is 21.9 Å². The van der Waals surface area contributed by atoms with Gasteiger partial charge in [0, 0.05) is 39.2 Å². The fourth-order valence-corrected chi connectivity index (χ4v) is 14.1. The minimum atomic E-state index is -0.0874. The molecule has 3 heterocycles. The lowest BCUT2D eigenvalue weighted by molar-refractivity contribution is 0.332. The molecule has 0 atom stereocenters. The van der Waals surface area contributed by atoms with E-state index >= 15 is 0 Å². The fraction of sp³-hybridized carbons (Fsp3) is 0.446. The molecule has 1 aromatic heterocycles. The first-order chi connectivity index (χ1) is 32.2. The van der Waals surface area contributed by atoms with E-state index in [1.807, 2.05) is 0 Å². The van der Waals surface area contributed by atoms with Gasteiger partial charge in [0.25, 0.3) is 6.71 Å². The summed E-state index contributed by atoms with van der Waals surface area (Å²) in [4.78, 5) is 5.36. The number of anilines is 6. The lowest BCUT2D eigenvalue weighted by atomic mass is 9.32. The molecular formula is C65H75BN2O. The predicted molar refractivity (Wildman–Crippen MR) is 297 cm³/mol. The van der Waals surface area contributed by atoms with Gasteiger partial charge in [-0.1, -0.05) is 146 Å². The standard InChI is InChI=1S/C65H75BN2O/c1-38-31-53-57-54(32-38)68(50-24-23-42(59(2,3)4)56-40-19-17-18-20-55(40)69-58(50)56)52-37-47-45(63(11,12)28-30-65(47,15)16)35-49(52)66(57)48-34-44-46(64(13,14)29-27-62(44,9)10)36-51(48)67(53)39-21-22-41-43(33-39)61(7,8)26-25-60(41,5)6/h17-24,31-37H,25-30H2,1-16H3. The molecule has 0 N–H and O–H groups in total. The number of fused-ring (bicyclic) bond motifs is 10. The van der Waals surface area contributed by atoms with E-state index in [0.29, 0.717) is 0 Å². The molecule has 354 valence electrons. The maximum Gasteiger partial charge on any atom is 0.252 e. The van der Waals surface area contributed by atoms with Crippen molar-refractivity contribution in [2.75, 3.05) is 9.80 Å². The van der Waals surface area contributed by atoms with Gasteiger partial charge in [0.15, 0.2) is 5.58 Å². The number of aryl methyl sites for hydroxylation is 1. The second-order valence-electron chi connectivity index (χ2n) is 27.5. The molecule has 0 spiro atoms. The number of hydrogen-bond donors (Lipinski definition) is 0. The molecule has 7 aromatic rings. The Morgan fingerprint density at radius 3 is 1.46 bits per heavy atom. The second-order valence-corrected chi connectivity index (χ2v) is 27.5. The summed E-state index contributed by atoms with van der Waals surface area (Å²) in [5.74, 6) is 0. The van der Waals surface area contributed by atoms with Gasteiger partial charge >= 0.3 is 0 Å². The van der Waals surface area contributed by atoms with Crippen molar-refractivity contribution < 1.29 is 4.42 Å². The van der Waals surface area contributed by atoms with Crippen LogP contribution < -0.4 is 26.2 Å². The Hall–Kier alpha value is -5.22. The first kappa shape index (κ1) is 45.0. The van der Waals surface area contributed by atoms with Crippen LogP contribution in [-0.2, 0) is 37.9 Å². The molecule has 0 radical (unpaired) electrons. The average molecular weight is 911 g/mol. The van der Waals surface area contributed by atoms with Crippen molar-refractivity contribution in [3.8, 4) is 0 Å². The van der Waals surface area contributed by atoms with Gasteiger partial charge in [0.2, 0.25) is 0 Å². The predicted octanol–water partition coefficient (Wildman–Crippen LogP) is 16.3. The van der Waals surface area contributed by atoms with Gasteiger partial charge < -0.3 is 14.2 Å². The van der Waals surface area contributed by atoms with E-state index in [4.69, 9.17) is 4.42 Å². The zero-order chi connectivity index (χ0) is 48.9. The Labute approximate surface area is 414 Å². The highest BCUT2D eigenvalue weighted by Gasteiger charge is 2.49. The summed E-state index contributed by atoms with van der Waals surface area (Å²) in [6.45, 7) is 39.2. The summed E-state index contributed by atoms with van der Waals surface area (Å²) in [6, 6.07) is 36.8. The monoisotopic (exact) mass is 911 g/mol. The lowest BCUT2D eigenvalue weighted by Crippen LogP contribution is -2.62. The zero-order valence-electron chi connectivity index (χ0n) is 44.8. The van der Waals surface area contributed by atoms with Crippen molar-refractivity contribution in [1.82, 2.24) is 0 Å². The molecule has 69 heavy (non-hydrogen) atoms. The van der Waals surface area contributed by atoms with Gasteiger partial charge in [-0.2, -0.15) is 0 Å². The van der Waals surface area contributed by atoms with Gasteiger partial charge in [0.05, 0.1) is 5.69 Å². The minimum Gasteiger partial charge on any atom is -0.454 e. The van der Waals surface area contributed by atoms with E-state index in [0.717, 1.165) is 23.3 Å². The van der Waals surface area contributed by atoms with Crippen molar-refractivity contribution >= 4 is 79.2 Å². The molecule has 12 rings (SSSR count). The van der Waals surface area contributed by atoms with Crippen LogP contribution in [0.15, 0.2) is 95.4 Å². The van der Waals surface area contributed by atoms with Crippen LogP contribution >= 0.6 is 0 Å². The van der Waals surface area contributed by atoms with Crippen LogP contribution in [0.3, 0.4) is 0 Å². The molecule has 3 aliphatic carbocycles. The van der Waals surface area contributed by atoms with E-state index in [9.17, 15) is 0 Å². The minimum absolute atomic E-state index is 0.0263. The van der Waals surface area contributed by atoms with Crippen LogP contribution in [-0.4, -0.2) is 6.71 Å². The van der Waals surface area contributed by atoms with Crippen LogP contribution in [0.2, 0.25) is 0 Å². The Morgan fingerprint density at radius 1 is 0.464 bits per heavy atom. The second kappa shape index (κ2) is 14.0. The number of furan rings is 1. The third kappa shape index (κ3) is 6.37. The van der Waals surface area contributed by atoms with E-state index in [1.165, 1.54) is 132 Å². The molecule has 5 aliphatic rings. The van der Waals surface area contributed by atoms with Gasteiger partial charge in [-0.25, -0.2) is 0 Å². The topological polar surface area (TPSA) is 19.6 Å². The molecule has 0 unspecified atom stereocenters. The van der Waals surface area contributed by atoms with Crippen LogP contribution in [0, 0.1) is 6.92 Å². The third-order valence-corrected chi connectivity index (χ3v) is 18.8. The first-order valence-corrected chi connectivity index (χ1v) is 26.4. The quantitative estimate of drug-likeness (QED) is 0.161. The Balaban J connectivity index is 1.24. The van der Waals surface area contributed by atoms with Gasteiger partial charge in [0.1, 0.15) is 5.58 Å². The average Bonchev–Trinajstić information content (AvgIpc) is 3.67. The Bertz CT molecular complexity index is 3360. The number of para-hydroxylation sites is 1. The molecule has 0 saturated heterocycles. The van der Waals surface area contributed by atoms with Crippen molar-refractivity contribution in [2.24, 2.45) is 0 Å². The number of hydrogen-bond acceptors (Lipinski definition) is 3. The highest BCUT2D eigenvalue weighted by Crippen LogP contribution is 2.55. The summed E-state index contributed by atoms with van der Waals surface area (Å²) in [5, 5.41) is 2.41. The molecule has 2 aliphatic heterocycles. The van der Waals surface area contributed by atoms with Gasteiger partial charge in [-0.05, 0) is 193 Å². The Kier molecular flexibility index (Phi) is 9.13. The molecule has 3 nitrogen and oxygen atoms in total. The maximum absolute atomic E-state index is 7.21. The summed E-state index contributed by atoms with van der Waals surface area (Å²) in [6.07, 6.45) is 7.06. The highest BCUT2D eigenvalue weighted by atomic mass is 16.3. The number of benzene rings is 6. The smallest absolute Gasteiger partial charge is 0.252 e. The molecule has 0 fully saturated rings. The van der Waals surface area contributed by atoms with Crippen LogP contribution in [0.4, 0.5) is 34.1 Å². The van der Waals surface area contributed by atoms with E-state index in [-0.39, 0.29) is 44.6 Å². The zero-order valence-corrected chi connectivity index (χ0v) is 44.8. The van der Waals surface area contributed by atoms with E-state index < -0.39 is 0 Å². The van der Waals surface area contributed by atoms with Gasteiger partial charge in [-0.3, -0.25) is 0 Å². The van der Waals surface area contributed by atoms with Crippen molar-refractivity contribution in [3.05, 3.63) is 136 Å². The van der Waals surface area contributed by atoms with Gasteiger partial charge in [-0.15, -0.1) is 0 Å². The summed E-state index contributed by atoms with van der Waals surface area (Å²) >= 11 is 0. The third-order valence-electron chi connectivity index (χ3n) is 18.8. The summed E-state index contributed by atoms with van der Waals surface area (Å²) in [5.41, 5.74) is 25.6. The SMILES string of the molecule is Cc1cc2c3c(c1)N(c1ccc(C(C)(C)C)c4c1oc1ccccc14)c1cc4c(cc1B3c1cc3c(cc1N2c1ccc2c(c1)C(C)(C)CCC2(C)C)C(C)(C)CCC3(C)C)C(C)(C)CCC4(C)C. The molecule has 0 amide bonds. The summed E-state index contributed by atoms with van der Waals surface area (Å²) < 4.78 is 7.21. The van der Waals surface area contributed by atoms with Crippen LogP contribution in [0.5, 0.6) is 0 Å². The molecule has 0 bridgehead atoms. The highest BCUT2D eigenvalue weighted by molar-refractivity contribution is 7.00. The molecule has 0 saturated carbocycles. The maximum atomic E-state index is 7.21. The van der Waals surface area contributed by atoms with E-state index in [1.54, 1.807) is 0 Å². The first-order valence-electron chi connectivity index (χ1n) is 26.4. The summed E-state index contributed by atoms with van der Waals surface area (Å²) in [7, 11) is 0. The number of nitrogens with zero attached hydrogens (tertiary/aromatic N) is 2. The van der Waals surface area contributed by atoms with Crippen molar-refractivity contribution in [2.45, 2.75) is 187 Å². The van der Waals surface area contributed by atoms with Crippen molar-refractivity contribution in [1.29, 1.82) is 0 Å².